The molecule has 0 saturated heterocycles. The topological polar surface area (TPSA) is 87.1 Å². The van der Waals surface area contributed by atoms with E-state index in [1.165, 1.54) is 0 Å². The van der Waals surface area contributed by atoms with Crippen LogP contribution in [0.4, 0.5) is 13.2 Å². The number of aliphatic carboxylic acids is 1. The number of carboxylic acids is 1. The van der Waals surface area contributed by atoms with Crippen LogP contribution >= 0.6 is 0 Å². The van der Waals surface area contributed by atoms with E-state index in [1.54, 1.807) is 0 Å². The van der Waals surface area contributed by atoms with Gasteiger partial charge in [0.05, 0.1) is 6.07 Å². The van der Waals surface area contributed by atoms with Crippen molar-refractivity contribution in [1.82, 2.24) is 0 Å². The highest BCUT2D eigenvalue weighted by Gasteiger charge is 2.38. The van der Waals surface area contributed by atoms with Gasteiger partial charge in [-0.25, -0.2) is 4.79 Å². The van der Waals surface area contributed by atoms with Gasteiger partial charge in [0.15, 0.2) is 0 Å². The van der Waals surface area contributed by atoms with E-state index in [0.717, 1.165) is 19.3 Å². The molecule has 0 aromatic rings. The number of hydrogen-bond acceptors (Lipinski definition) is 3. The lowest BCUT2D eigenvalue weighted by atomic mass is 10.1. The van der Waals surface area contributed by atoms with E-state index in [-0.39, 0.29) is 0 Å². The van der Waals surface area contributed by atoms with Crippen LogP contribution in [0.5, 0.6) is 0 Å². The number of hydrogen-bond donors (Lipinski definition) is 2. The van der Waals surface area contributed by atoms with Crippen molar-refractivity contribution in [3.05, 3.63) is 0 Å². The first-order valence-electron chi connectivity index (χ1n) is 4.70. The molecule has 1 aliphatic rings. The van der Waals surface area contributed by atoms with Crippen LogP contribution in [0.25, 0.3) is 0 Å². The lowest BCUT2D eigenvalue weighted by molar-refractivity contribution is -0.192. The Bertz CT molecular complexity index is 273. The van der Waals surface area contributed by atoms with Gasteiger partial charge in [0.25, 0.3) is 0 Å². The van der Waals surface area contributed by atoms with Gasteiger partial charge in [0.1, 0.15) is 0 Å². The molecule has 0 aromatic heterocycles. The molecule has 0 bridgehead atoms. The largest absolute Gasteiger partial charge is 0.490 e. The molecule has 1 fully saturated rings. The molecule has 1 rings (SSSR count). The fourth-order valence-electron chi connectivity index (χ4n) is 1.43. The summed E-state index contributed by atoms with van der Waals surface area (Å²) in [6, 6.07) is 2.55. The van der Waals surface area contributed by atoms with E-state index in [9.17, 15) is 13.2 Å². The van der Waals surface area contributed by atoms with Crippen LogP contribution in [-0.4, -0.2) is 23.3 Å². The fourth-order valence-corrected chi connectivity index (χ4v) is 1.43. The molecule has 0 aliphatic heterocycles. The van der Waals surface area contributed by atoms with Crippen LogP contribution in [-0.2, 0) is 4.79 Å². The standard InChI is InChI=1S/C7H12N2.C2HF3O2/c8-4-3-6-1-2-7(9)5-6;3-2(4,5)1(6)7/h6-7H,1-3,5,9H2;(H,6,7)/t6-,7-;/m1./s1. The summed E-state index contributed by atoms with van der Waals surface area (Å²) in [5.74, 6) is -2.16. The average molecular weight is 238 g/mol. The van der Waals surface area contributed by atoms with Gasteiger partial charge in [-0.2, -0.15) is 18.4 Å². The third-order valence-corrected chi connectivity index (χ3v) is 2.20. The second kappa shape index (κ2) is 6.33. The van der Waals surface area contributed by atoms with Crippen molar-refractivity contribution < 1.29 is 23.1 Å². The van der Waals surface area contributed by atoms with Crippen LogP contribution in [0.15, 0.2) is 0 Å². The third-order valence-electron chi connectivity index (χ3n) is 2.20. The minimum absolute atomic E-state index is 0.378. The van der Waals surface area contributed by atoms with Crippen LogP contribution in [0.2, 0.25) is 0 Å². The zero-order chi connectivity index (χ0) is 12.8. The van der Waals surface area contributed by atoms with E-state index in [1.807, 2.05) is 0 Å². The predicted molar refractivity (Wildman–Crippen MR) is 49.2 cm³/mol. The Morgan fingerprint density at radius 3 is 2.25 bits per heavy atom. The van der Waals surface area contributed by atoms with E-state index in [0.29, 0.717) is 18.4 Å². The molecular weight excluding hydrogens is 225 g/mol. The summed E-state index contributed by atoms with van der Waals surface area (Å²) in [4.78, 5) is 8.90. The molecule has 2 atom stereocenters. The maximum absolute atomic E-state index is 10.6. The van der Waals surface area contributed by atoms with E-state index in [4.69, 9.17) is 20.9 Å². The molecule has 92 valence electrons. The van der Waals surface area contributed by atoms with Gasteiger partial charge >= 0.3 is 12.1 Å². The van der Waals surface area contributed by atoms with E-state index < -0.39 is 12.1 Å². The number of nitrogens with two attached hydrogens (primary N) is 1. The summed E-state index contributed by atoms with van der Waals surface area (Å²) in [5.41, 5.74) is 5.65. The highest BCUT2D eigenvalue weighted by Crippen LogP contribution is 2.26. The minimum Gasteiger partial charge on any atom is -0.475 e. The molecule has 1 saturated carbocycles. The lowest BCUT2D eigenvalue weighted by Crippen LogP contribution is -2.21. The number of carbonyl (C=O) groups is 1. The molecule has 7 heteroatoms. The number of carboxylic acid groups (broad SMARTS) is 1. The Kier molecular flexibility index (Phi) is 5.82. The molecule has 3 N–H and O–H groups in total. The molecule has 0 amide bonds. The monoisotopic (exact) mass is 238 g/mol. The molecule has 4 nitrogen and oxygen atoms in total. The third kappa shape index (κ3) is 6.24. The van der Waals surface area contributed by atoms with Gasteiger partial charge in [-0.3, -0.25) is 0 Å². The van der Waals surface area contributed by atoms with Crippen molar-refractivity contribution in [3.63, 3.8) is 0 Å². The summed E-state index contributed by atoms with van der Waals surface area (Å²) in [5, 5.41) is 15.4. The average Bonchev–Trinajstić information content (AvgIpc) is 2.51. The summed E-state index contributed by atoms with van der Waals surface area (Å²) in [7, 11) is 0. The van der Waals surface area contributed by atoms with Gasteiger partial charge in [-0.05, 0) is 25.2 Å². The lowest BCUT2D eigenvalue weighted by Gasteiger charge is -2.00. The van der Waals surface area contributed by atoms with Crippen molar-refractivity contribution in [2.24, 2.45) is 11.7 Å². The Balaban J connectivity index is 0.000000293. The summed E-state index contributed by atoms with van der Waals surface area (Å²) < 4.78 is 31.7. The maximum Gasteiger partial charge on any atom is 0.490 e. The van der Waals surface area contributed by atoms with Crippen molar-refractivity contribution in [2.45, 2.75) is 37.9 Å². The Morgan fingerprint density at radius 1 is 1.50 bits per heavy atom. The van der Waals surface area contributed by atoms with Gasteiger partial charge in [0.2, 0.25) is 0 Å². The highest BCUT2D eigenvalue weighted by molar-refractivity contribution is 5.73. The number of alkyl halides is 3. The predicted octanol–water partition coefficient (Wildman–Crippen LogP) is 1.66. The van der Waals surface area contributed by atoms with Crippen LogP contribution in [0.3, 0.4) is 0 Å². The summed E-state index contributed by atoms with van der Waals surface area (Å²) >= 11 is 0. The zero-order valence-electron chi connectivity index (χ0n) is 8.50. The van der Waals surface area contributed by atoms with E-state index in [2.05, 4.69) is 6.07 Å². The minimum atomic E-state index is -5.08. The molecule has 0 spiro atoms. The zero-order valence-corrected chi connectivity index (χ0v) is 8.50. The maximum atomic E-state index is 10.6. The van der Waals surface area contributed by atoms with E-state index >= 15 is 0 Å². The first kappa shape index (κ1) is 14.7. The SMILES string of the molecule is N#CC[C@H]1CC[C@@H](N)C1.O=C(O)C(F)(F)F. The fraction of sp³-hybridized carbons (Fsp3) is 0.778. The van der Waals surface area contributed by atoms with Crippen molar-refractivity contribution in [3.8, 4) is 6.07 Å². The molecule has 0 aromatic carbocycles. The molecule has 0 unspecified atom stereocenters. The summed E-state index contributed by atoms with van der Waals surface area (Å²) in [6.07, 6.45) is -1.04. The Morgan fingerprint density at radius 2 is 2.00 bits per heavy atom. The van der Waals surface area contributed by atoms with Crippen LogP contribution < -0.4 is 5.73 Å². The number of halogens is 3. The van der Waals surface area contributed by atoms with Crippen molar-refractivity contribution in [2.75, 3.05) is 0 Å². The summed E-state index contributed by atoms with van der Waals surface area (Å²) in [6.45, 7) is 0. The van der Waals surface area contributed by atoms with Gasteiger partial charge in [-0.1, -0.05) is 0 Å². The normalized spacial score (nSPS) is 24.2. The smallest absolute Gasteiger partial charge is 0.475 e. The molecule has 16 heavy (non-hydrogen) atoms. The molecule has 1 aliphatic carbocycles. The molecular formula is C9H13F3N2O2. The Labute approximate surface area is 90.8 Å². The second-order valence-corrected chi connectivity index (χ2v) is 3.60. The first-order chi connectivity index (χ1) is 7.27. The van der Waals surface area contributed by atoms with Gasteiger partial charge in [-0.15, -0.1) is 0 Å². The number of rotatable bonds is 1. The number of nitrogens with zero attached hydrogens (tertiary/aromatic N) is 1. The second-order valence-electron chi connectivity index (χ2n) is 3.60. The first-order valence-corrected chi connectivity index (χ1v) is 4.70. The van der Waals surface area contributed by atoms with Crippen molar-refractivity contribution >= 4 is 5.97 Å². The van der Waals surface area contributed by atoms with Crippen molar-refractivity contribution in [1.29, 1.82) is 5.26 Å². The van der Waals surface area contributed by atoms with Crippen LogP contribution in [0, 0.1) is 17.2 Å². The van der Waals surface area contributed by atoms with Crippen LogP contribution in [0.1, 0.15) is 25.7 Å². The Hall–Kier alpha value is -1.29. The van der Waals surface area contributed by atoms with Gasteiger partial charge < -0.3 is 10.8 Å². The molecule has 0 radical (unpaired) electrons. The highest BCUT2D eigenvalue weighted by atomic mass is 19.4. The number of nitriles is 1. The quantitative estimate of drug-likeness (QED) is 0.727. The molecule has 0 heterocycles. The van der Waals surface area contributed by atoms with Gasteiger partial charge in [0, 0.05) is 12.5 Å².